The van der Waals surface area contributed by atoms with Crippen LogP contribution in [0.4, 0.5) is 0 Å². The molecular formula is C12H17NOS. The quantitative estimate of drug-likeness (QED) is 0.826. The minimum absolute atomic E-state index is 0.256. The molecule has 3 heteroatoms. The van der Waals surface area contributed by atoms with E-state index in [1.54, 1.807) is 0 Å². The number of aliphatic hydroxyl groups excluding tert-OH is 1. The zero-order valence-corrected chi connectivity index (χ0v) is 9.78. The van der Waals surface area contributed by atoms with Crippen molar-refractivity contribution >= 4 is 11.8 Å². The predicted octanol–water partition coefficient (Wildman–Crippen LogP) is 1.77. The van der Waals surface area contributed by atoms with Gasteiger partial charge in [-0.3, -0.25) is 4.90 Å². The minimum Gasteiger partial charge on any atom is -0.387 e. The van der Waals surface area contributed by atoms with Crippen molar-refractivity contribution < 1.29 is 5.11 Å². The molecule has 1 saturated heterocycles. The van der Waals surface area contributed by atoms with Gasteiger partial charge in [0.2, 0.25) is 0 Å². The molecule has 1 aliphatic heterocycles. The molecule has 2 atom stereocenters. The Labute approximate surface area is 95.3 Å². The molecule has 0 aromatic heterocycles. The molecule has 2 rings (SSSR count). The molecular weight excluding hydrogens is 206 g/mol. The molecule has 1 aromatic rings. The Morgan fingerprint density at radius 1 is 1.40 bits per heavy atom. The lowest BCUT2D eigenvalue weighted by atomic mass is 10.0. The van der Waals surface area contributed by atoms with Crippen LogP contribution in [0.25, 0.3) is 0 Å². The number of nitrogens with zero attached hydrogens (tertiary/aromatic N) is 1. The smallest absolute Gasteiger partial charge is 0.0953 e. The van der Waals surface area contributed by atoms with E-state index in [0.717, 1.165) is 17.9 Å². The first-order valence-corrected chi connectivity index (χ1v) is 6.45. The lowest BCUT2D eigenvalue weighted by Crippen LogP contribution is -2.43. The van der Waals surface area contributed by atoms with Crippen LogP contribution in [0.1, 0.15) is 11.7 Å². The van der Waals surface area contributed by atoms with Gasteiger partial charge in [0.1, 0.15) is 0 Å². The third-order valence-electron chi connectivity index (χ3n) is 2.95. The van der Waals surface area contributed by atoms with Crippen LogP contribution in [0.15, 0.2) is 30.3 Å². The number of thioether (sulfide) groups is 1. The molecule has 0 amide bonds. The van der Waals surface area contributed by atoms with E-state index in [4.69, 9.17) is 0 Å². The van der Waals surface area contributed by atoms with Crippen molar-refractivity contribution in [1.29, 1.82) is 0 Å². The number of likely N-dealkylation sites (N-methyl/N-ethyl adjacent to an activating group) is 1. The van der Waals surface area contributed by atoms with Crippen LogP contribution in [-0.2, 0) is 0 Å². The number of hydrogen-bond donors (Lipinski definition) is 1. The van der Waals surface area contributed by atoms with E-state index in [2.05, 4.69) is 11.9 Å². The fourth-order valence-electron chi connectivity index (χ4n) is 1.91. The molecule has 2 nitrogen and oxygen atoms in total. The Hall–Kier alpha value is -0.510. The Morgan fingerprint density at radius 2 is 2.13 bits per heavy atom. The van der Waals surface area contributed by atoms with Crippen LogP contribution in [0.5, 0.6) is 0 Å². The third-order valence-corrected chi connectivity index (χ3v) is 4.00. The summed E-state index contributed by atoms with van der Waals surface area (Å²) in [4.78, 5) is 2.26. The molecule has 1 heterocycles. The molecule has 15 heavy (non-hydrogen) atoms. The normalized spacial score (nSPS) is 25.1. The summed E-state index contributed by atoms with van der Waals surface area (Å²) in [7, 11) is 2.09. The van der Waals surface area contributed by atoms with Crippen LogP contribution >= 0.6 is 11.8 Å². The molecule has 0 saturated carbocycles. The molecule has 0 bridgehead atoms. The monoisotopic (exact) mass is 223 g/mol. The molecule has 1 N–H and O–H groups in total. The largest absolute Gasteiger partial charge is 0.387 e. The zero-order chi connectivity index (χ0) is 10.7. The van der Waals surface area contributed by atoms with Gasteiger partial charge in [-0.15, -0.1) is 0 Å². The summed E-state index contributed by atoms with van der Waals surface area (Å²) in [6, 6.07) is 10.2. The summed E-state index contributed by atoms with van der Waals surface area (Å²) in [5.74, 6) is 2.20. The van der Waals surface area contributed by atoms with Gasteiger partial charge in [0.15, 0.2) is 0 Å². The number of aliphatic hydroxyl groups is 1. The van der Waals surface area contributed by atoms with Crippen LogP contribution in [0, 0.1) is 0 Å². The Morgan fingerprint density at radius 3 is 2.80 bits per heavy atom. The van der Waals surface area contributed by atoms with Crippen molar-refractivity contribution in [2.45, 2.75) is 12.1 Å². The zero-order valence-electron chi connectivity index (χ0n) is 8.97. The van der Waals surface area contributed by atoms with Gasteiger partial charge >= 0.3 is 0 Å². The fourth-order valence-corrected chi connectivity index (χ4v) is 3.17. The molecule has 2 unspecified atom stereocenters. The standard InChI is InChI=1S/C12H17NOS/c1-13-7-8-15-9-11(13)12(14)10-5-3-2-4-6-10/h2-6,11-12,14H,7-9H2,1H3. The van der Waals surface area contributed by atoms with Gasteiger partial charge in [0.05, 0.1) is 6.10 Å². The van der Waals surface area contributed by atoms with Crippen molar-refractivity contribution in [3.63, 3.8) is 0 Å². The van der Waals surface area contributed by atoms with E-state index < -0.39 is 0 Å². The average Bonchev–Trinajstić information content (AvgIpc) is 2.30. The summed E-state index contributed by atoms with van der Waals surface area (Å²) in [5, 5.41) is 10.3. The molecule has 0 aliphatic carbocycles. The summed E-state index contributed by atoms with van der Waals surface area (Å²) in [6.45, 7) is 1.07. The van der Waals surface area contributed by atoms with E-state index in [9.17, 15) is 5.11 Å². The summed E-state index contributed by atoms with van der Waals surface area (Å²) >= 11 is 1.93. The number of hydrogen-bond acceptors (Lipinski definition) is 3. The topological polar surface area (TPSA) is 23.5 Å². The van der Waals surface area contributed by atoms with Gasteiger partial charge < -0.3 is 5.11 Å². The summed E-state index contributed by atoms with van der Waals surface area (Å²) < 4.78 is 0. The van der Waals surface area contributed by atoms with Gasteiger partial charge in [-0.2, -0.15) is 11.8 Å². The second kappa shape index (κ2) is 5.01. The maximum atomic E-state index is 10.3. The maximum Gasteiger partial charge on any atom is 0.0953 e. The van der Waals surface area contributed by atoms with E-state index >= 15 is 0 Å². The van der Waals surface area contributed by atoms with Crippen LogP contribution < -0.4 is 0 Å². The van der Waals surface area contributed by atoms with E-state index in [-0.39, 0.29) is 12.1 Å². The number of benzene rings is 1. The molecule has 0 radical (unpaired) electrons. The molecule has 0 spiro atoms. The molecule has 82 valence electrons. The molecule has 1 aromatic carbocycles. The average molecular weight is 223 g/mol. The van der Waals surface area contributed by atoms with Gasteiger partial charge in [0, 0.05) is 24.1 Å². The van der Waals surface area contributed by atoms with Gasteiger partial charge in [-0.1, -0.05) is 30.3 Å². The highest BCUT2D eigenvalue weighted by Gasteiger charge is 2.27. The van der Waals surface area contributed by atoms with Crippen LogP contribution in [-0.4, -0.2) is 41.1 Å². The van der Waals surface area contributed by atoms with Gasteiger partial charge in [0.25, 0.3) is 0 Å². The van der Waals surface area contributed by atoms with Crippen LogP contribution in [0.3, 0.4) is 0 Å². The maximum absolute atomic E-state index is 10.3. The van der Waals surface area contributed by atoms with Gasteiger partial charge in [-0.25, -0.2) is 0 Å². The second-order valence-corrected chi connectivity index (χ2v) is 5.13. The van der Waals surface area contributed by atoms with Crippen molar-refractivity contribution in [2.24, 2.45) is 0 Å². The van der Waals surface area contributed by atoms with E-state index in [1.165, 1.54) is 5.75 Å². The van der Waals surface area contributed by atoms with Gasteiger partial charge in [-0.05, 0) is 12.6 Å². The highest BCUT2D eigenvalue weighted by atomic mass is 32.2. The highest BCUT2D eigenvalue weighted by molar-refractivity contribution is 7.99. The first-order chi connectivity index (χ1) is 7.29. The Balaban J connectivity index is 2.09. The minimum atomic E-state index is -0.357. The molecule has 1 fully saturated rings. The van der Waals surface area contributed by atoms with Crippen molar-refractivity contribution in [1.82, 2.24) is 4.90 Å². The predicted molar refractivity (Wildman–Crippen MR) is 65.1 cm³/mol. The summed E-state index contributed by atoms with van der Waals surface area (Å²) in [5.41, 5.74) is 1.02. The van der Waals surface area contributed by atoms with Crippen molar-refractivity contribution in [3.05, 3.63) is 35.9 Å². The molecule has 1 aliphatic rings. The first kappa shape index (κ1) is 11.0. The van der Waals surface area contributed by atoms with Crippen molar-refractivity contribution in [2.75, 3.05) is 25.1 Å². The van der Waals surface area contributed by atoms with E-state index in [0.29, 0.717) is 0 Å². The Kier molecular flexibility index (Phi) is 3.67. The van der Waals surface area contributed by atoms with Crippen LogP contribution in [0.2, 0.25) is 0 Å². The Bertz CT molecular complexity index is 304. The van der Waals surface area contributed by atoms with Crippen molar-refractivity contribution in [3.8, 4) is 0 Å². The number of rotatable bonds is 2. The lowest BCUT2D eigenvalue weighted by molar-refractivity contribution is 0.0759. The highest BCUT2D eigenvalue weighted by Crippen LogP contribution is 2.26. The summed E-state index contributed by atoms with van der Waals surface area (Å²) in [6.07, 6.45) is -0.357. The third kappa shape index (κ3) is 2.54. The first-order valence-electron chi connectivity index (χ1n) is 5.30. The second-order valence-electron chi connectivity index (χ2n) is 3.98. The van der Waals surface area contributed by atoms with E-state index in [1.807, 2.05) is 42.1 Å². The fraction of sp³-hybridized carbons (Fsp3) is 0.500. The SMILES string of the molecule is CN1CCSCC1C(O)c1ccccc1. The lowest BCUT2D eigenvalue weighted by Gasteiger charge is -2.35.